The minimum atomic E-state index is -1.53. The van der Waals surface area contributed by atoms with Crippen molar-refractivity contribution < 1.29 is 17.8 Å². The Hall–Kier alpha value is -2.08. The van der Waals surface area contributed by atoms with Crippen molar-refractivity contribution in [3.8, 4) is 0 Å². The van der Waals surface area contributed by atoms with Gasteiger partial charge in [0.25, 0.3) is 0 Å². The second kappa shape index (κ2) is 8.15. The maximum atomic E-state index is 13.2. The van der Waals surface area contributed by atoms with Crippen LogP contribution in [0.3, 0.4) is 0 Å². The second-order valence-corrected chi connectivity index (χ2v) is 7.32. The average molecular weight is 351 g/mol. The van der Waals surface area contributed by atoms with Crippen molar-refractivity contribution in [3.63, 3.8) is 0 Å². The molecule has 1 N–H and O–H groups in total. The summed E-state index contributed by atoms with van der Waals surface area (Å²) in [5.74, 6) is -2.27. The predicted molar refractivity (Wildman–Crippen MR) is 90.7 cm³/mol. The summed E-state index contributed by atoms with van der Waals surface area (Å²) in [6, 6.07) is 11.0. The summed E-state index contributed by atoms with van der Waals surface area (Å²) in [6.45, 7) is 3.87. The van der Waals surface area contributed by atoms with Crippen molar-refractivity contribution >= 4 is 16.7 Å². The van der Waals surface area contributed by atoms with Crippen LogP contribution in [0.5, 0.6) is 0 Å². The summed E-state index contributed by atoms with van der Waals surface area (Å²) in [7, 11) is -1.53. The normalized spacial score (nSPS) is 13.3. The Morgan fingerprint density at radius 2 is 1.88 bits per heavy atom. The molecule has 6 heteroatoms. The molecule has 0 radical (unpaired) electrons. The lowest BCUT2D eigenvalue weighted by Gasteiger charge is -2.13. The van der Waals surface area contributed by atoms with Crippen LogP contribution < -0.4 is 5.32 Å². The highest BCUT2D eigenvalue weighted by Gasteiger charge is 2.20. The molecule has 2 aromatic carbocycles. The smallest absolute Gasteiger partial charge is 0.235 e. The molecule has 1 amide bonds. The molecule has 2 rings (SSSR count). The van der Waals surface area contributed by atoms with E-state index in [1.54, 1.807) is 6.92 Å². The zero-order valence-electron chi connectivity index (χ0n) is 13.5. The van der Waals surface area contributed by atoms with E-state index < -0.39 is 27.7 Å². The van der Waals surface area contributed by atoms with E-state index in [0.29, 0.717) is 12.1 Å². The molecule has 0 aliphatic carbocycles. The van der Waals surface area contributed by atoms with Crippen LogP contribution in [0.4, 0.5) is 8.78 Å². The van der Waals surface area contributed by atoms with Crippen LogP contribution in [-0.4, -0.2) is 15.4 Å². The molecule has 0 aromatic heterocycles. The zero-order chi connectivity index (χ0) is 17.7. The first kappa shape index (κ1) is 18.3. The molecule has 0 heterocycles. The Bertz CT molecular complexity index is 764. The molecule has 24 heavy (non-hydrogen) atoms. The molecule has 2 unspecified atom stereocenters. The lowest BCUT2D eigenvalue weighted by atomic mass is 10.1. The van der Waals surface area contributed by atoms with Crippen LogP contribution in [-0.2, 0) is 27.9 Å². The number of amides is 1. The van der Waals surface area contributed by atoms with Gasteiger partial charge in [-0.1, -0.05) is 30.3 Å². The Morgan fingerprint density at radius 1 is 1.17 bits per heavy atom. The van der Waals surface area contributed by atoms with Crippen molar-refractivity contribution in [3.05, 3.63) is 70.8 Å². The molecular weight excluding hydrogens is 332 g/mol. The topological polar surface area (TPSA) is 46.2 Å². The summed E-state index contributed by atoms with van der Waals surface area (Å²) in [5.41, 5.74) is 2.45. The van der Waals surface area contributed by atoms with Gasteiger partial charge in [0.1, 0.15) is 5.25 Å². The SMILES string of the molecule is Cc1ccccc1CNC(=O)C(C)S(=O)Cc1ccc(F)c(F)c1. The Labute approximate surface area is 142 Å². The van der Waals surface area contributed by atoms with Gasteiger partial charge >= 0.3 is 0 Å². The summed E-state index contributed by atoms with van der Waals surface area (Å²) in [4.78, 5) is 12.1. The number of carbonyl (C=O) groups is 1. The molecule has 0 aliphatic heterocycles. The lowest BCUT2D eigenvalue weighted by molar-refractivity contribution is -0.120. The van der Waals surface area contributed by atoms with Crippen LogP contribution in [0.1, 0.15) is 23.6 Å². The van der Waals surface area contributed by atoms with Gasteiger partial charge in [-0.3, -0.25) is 9.00 Å². The van der Waals surface area contributed by atoms with E-state index in [1.807, 2.05) is 31.2 Å². The quantitative estimate of drug-likeness (QED) is 0.869. The van der Waals surface area contributed by atoms with Gasteiger partial charge in [0.2, 0.25) is 5.91 Å². The largest absolute Gasteiger partial charge is 0.351 e. The van der Waals surface area contributed by atoms with Gasteiger partial charge in [-0.2, -0.15) is 0 Å². The number of carbonyl (C=O) groups excluding carboxylic acids is 1. The number of hydrogen-bond acceptors (Lipinski definition) is 2. The van der Waals surface area contributed by atoms with Gasteiger partial charge in [0, 0.05) is 23.1 Å². The summed E-state index contributed by atoms with van der Waals surface area (Å²) < 4.78 is 38.3. The lowest BCUT2D eigenvalue weighted by Crippen LogP contribution is -2.35. The number of aryl methyl sites for hydroxylation is 1. The summed E-state index contributed by atoms with van der Waals surface area (Å²) in [5, 5.41) is 2.01. The minimum Gasteiger partial charge on any atom is -0.351 e. The monoisotopic (exact) mass is 351 g/mol. The third-order valence-electron chi connectivity index (χ3n) is 3.77. The van der Waals surface area contributed by atoms with E-state index in [1.165, 1.54) is 6.07 Å². The van der Waals surface area contributed by atoms with Crippen molar-refractivity contribution in [2.24, 2.45) is 0 Å². The highest BCUT2D eigenvalue weighted by molar-refractivity contribution is 7.85. The molecule has 3 nitrogen and oxygen atoms in total. The number of hydrogen-bond donors (Lipinski definition) is 1. The molecule has 2 atom stereocenters. The van der Waals surface area contributed by atoms with Gasteiger partial charge in [-0.15, -0.1) is 0 Å². The molecule has 0 fully saturated rings. The fraction of sp³-hybridized carbons (Fsp3) is 0.278. The van der Waals surface area contributed by atoms with Crippen molar-refractivity contribution in [1.82, 2.24) is 5.32 Å². The fourth-order valence-electron chi connectivity index (χ4n) is 2.17. The maximum absolute atomic E-state index is 13.2. The van der Waals surface area contributed by atoms with Crippen LogP contribution >= 0.6 is 0 Å². The first-order valence-electron chi connectivity index (χ1n) is 7.52. The Kier molecular flexibility index (Phi) is 6.20. The molecule has 0 saturated carbocycles. The van der Waals surface area contributed by atoms with Crippen LogP contribution in [0, 0.1) is 18.6 Å². The van der Waals surface area contributed by atoms with E-state index in [2.05, 4.69) is 5.32 Å². The summed E-state index contributed by atoms with van der Waals surface area (Å²) >= 11 is 0. The van der Waals surface area contributed by atoms with Crippen molar-refractivity contribution in [1.29, 1.82) is 0 Å². The number of nitrogens with one attached hydrogen (secondary N) is 1. The van der Waals surface area contributed by atoms with E-state index in [4.69, 9.17) is 0 Å². The second-order valence-electron chi connectivity index (χ2n) is 5.56. The van der Waals surface area contributed by atoms with Gasteiger partial charge in [-0.05, 0) is 42.7 Å². The first-order valence-corrected chi connectivity index (χ1v) is 8.90. The third-order valence-corrected chi connectivity index (χ3v) is 5.39. The Balaban J connectivity index is 1.93. The van der Waals surface area contributed by atoms with Gasteiger partial charge in [-0.25, -0.2) is 8.78 Å². The van der Waals surface area contributed by atoms with Crippen LogP contribution in [0.15, 0.2) is 42.5 Å². The van der Waals surface area contributed by atoms with Crippen molar-refractivity contribution in [2.75, 3.05) is 0 Å². The van der Waals surface area contributed by atoms with Gasteiger partial charge in [0.15, 0.2) is 11.6 Å². The highest BCUT2D eigenvalue weighted by atomic mass is 32.2. The number of rotatable bonds is 6. The van der Waals surface area contributed by atoms with E-state index in [0.717, 1.165) is 23.3 Å². The Morgan fingerprint density at radius 3 is 2.54 bits per heavy atom. The predicted octanol–water partition coefficient (Wildman–Crippen LogP) is 3.23. The van der Waals surface area contributed by atoms with E-state index >= 15 is 0 Å². The molecule has 128 valence electrons. The molecule has 0 bridgehead atoms. The highest BCUT2D eigenvalue weighted by Crippen LogP contribution is 2.13. The summed E-state index contributed by atoms with van der Waals surface area (Å²) in [6.07, 6.45) is 0. The molecule has 0 spiro atoms. The van der Waals surface area contributed by atoms with Crippen LogP contribution in [0.25, 0.3) is 0 Å². The molecule has 0 aliphatic rings. The van der Waals surface area contributed by atoms with Gasteiger partial charge < -0.3 is 5.32 Å². The van der Waals surface area contributed by atoms with Gasteiger partial charge in [0.05, 0.1) is 0 Å². The fourth-order valence-corrected chi connectivity index (χ4v) is 3.25. The van der Waals surface area contributed by atoms with E-state index in [9.17, 15) is 17.8 Å². The maximum Gasteiger partial charge on any atom is 0.235 e. The molecule has 0 saturated heterocycles. The first-order chi connectivity index (χ1) is 11.4. The number of halogens is 2. The minimum absolute atomic E-state index is 0.00382. The molecular formula is C18H19F2NO2S. The van der Waals surface area contributed by atoms with Crippen molar-refractivity contribution in [2.45, 2.75) is 31.4 Å². The molecule has 2 aromatic rings. The zero-order valence-corrected chi connectivity index (χ0v) is 14.3. The average Bonchev–Trinajstić information content (AvgIpc) is 2.56. The van der Waals surface area contributed by atoms with E-state index in [-0.39, 0.29) is 11.7 Å². The number of benzene rings is 2. The third kappa shape index (κ3) is 4.71. The standard InChI is InChI=1S/C18H19F2NO2S/c1-12-5-3-4-6-15(12)10-21-18(22)13(2)24(23)11-14-7-8-16(19)17(20)9-14/h3-9,13H,10-11H2,1-2H3,(H,21,22). The van der Waals surface area contributed by atoms with Crippen LogP contribution in [0.2, 0.25) is 0 Å².